The summed E-state index contributed by atoms with van der Waals surface area (Å²) in [5.74, 6) is -0.343. The molecule has 30 heavy (non-hydrogen) atoms. The number of carbonyl (C=O) groups excluding carboxylic acids is 3. The molecular formula is C23H27N3O3S. The first kappa shape index (κ1) is 20.6. The van der Waals surface area contributed by atoms with Crippen molar-refractivity contribution in [3.8, 4) is 0 Å². The maximum atomic E-state index is 13.0. The second kappa shape index (κ2) is 9.00. The van der Waals surface area contributed by atoms with Crippen molar-refractivity contribution in [2.75, 3.05) is 24.5 Å². The van der Waals surface area contributed by atoms with Gasteiger partial charge in [0.1, 0.15) is 0 Å². The lowest BCUT2D eigenvalue weighted by Crippen LogP contribution is -2.37. The monoisotopic (exact) mass is 425 g/mol. The van der Waals surface area contributed by atoms with Crippen molar-refractivity contribution >= 4 is 34.7 Å². The molecule has 4 rings (SSSR count). The highest BCUT2D eigenvalue weighted by Crippen LogP contribution is 2.43. The number of nitrogens with zero attached hydrogens (tertiary/aromatic N) is 2. The Labute approximate surface area is 180 Å². The fourth-order valence-corrected chi connectivity index (χ4v) is 5.20. The fraction of sp³-hybridized carbons (Fsp3) is 0.435. The van der Waals surface area contributed by atoms with Gasteiger partial charge in [0.25, 0.3) is 0 Å². The van der Waals surface area contributed by atoms with Gasteiger partial charge in [-0.05, 0) is 43.3 Å². The number of amides is 3. The number of aryl methyl sites for hydroxylation is 1. The maximum absolute atomic E-state index is 13.0. The number of carbonyl (C=O) groups is 3. The van der Waals surface area contributed by atoms with Crippen LogP contribution in [0.4, 0.5) is 5.69 Å². The van der Waals surface area contributed by atoms with Gasteiger partial charge >= 0.3 is 0 Å². The molecule has 7 heteroatoms. The number of thiophene rings is 1. The molecule has 0 spiro atoms. The fourth-order valence-electron chi connectivity index (χ4n) is 4.32. The molecule has 0 aliphatic carbocycles. The zero-order chi connectivity index (χ0) is 21.1. The van der Waals surface area contributed by atoms with Crippen LogP contribution in [0.1, 0.15) is 42.2 Å². The van der Waals surface area contributed by atoms with Crippen molar-refractivity contribution in [1.29, 1.82) is 0 Å². The van der Waals surface area contributed by atoms with E-state index in [9.17, 15) is 14.4 Å². The molecule has 6 nitrogen and oxygen atoms in total. The highest BCUT2D eigenvalue weighted by atomic mass is 32.1. The molecule has 2 atom stereocenters. The normalized spacial score (nSPS) is 21.5. The molecule has 0 saturated carbocycles. The van der Waals surface area contributed by atoms with E-state index in [0.29, 0.717) is 19.5 Å². The smallest absolute Gasteiger partial charge is 0.228 e. The van der Waals surface area contributed by atoms with Crippen molar-refractivity contribution in [1.82, 2.24) is 10.2 Å². The number of hydrogen-bond donors (Lipinski definition) is 1. The van der Waals surface area contributed by atoms with Crippen LogP contribution in [-0.2, 0) is 14.4 Å². The molecule has 2 aliphatic rings. The Bertz CT molecular complexity index is 910. The molecule has 158 valence electrons. The van der Waals surface area contributed by atoms with Crippen molar-refractivity contribution < 1.29 is 14.4 Å². The highest BCUT2D eigenvalue weighted by Gasteiger charge is 2.45. The summed E-state index contributed by atoms with van der Waals surface area (Å²) in [6.45, 7) is 4.01. The first-order chi connectivity index (χ1) is 14.5. The molecule has 2 saturated heterocycles. The van der Waals surface area contributed by atoms with Crippen LogP contribution < -0.4 is 10.2 Å². The van der Waals surface area contributed by atoms with Gasteiger partial charge in [-0.2, -0.15) is 0 Å². The first-order valence-electron chi connectivity index (χ1n) is 10.5. The third-order valence-corrected chi connectivity index (χ3v) is 6.82. The van der Waals surface area contributed by atoms with E-state index in [0.717, 1.165) is 35.5 Å². The topological polar surface area (TPSA) is 69.7 Å². The van der Waals surface area contributed by atoms with Crippen LogP contribution in [0.15, 0.2) is 41.8 Å². The van der Waals surface area contributed by atoms with Crippen LogP contribution in [0.5, 0.6) is 0 Å². The van der Waals surface area contributed by atoms with E-state index in [4.69, 9.17) is 0 Å². The quantitative estimate of drug-likeness (QED) is 0.692. The van der Waals surface area contributed by atoms with E-state index >= 15 is 0 Å². The lowest BCUT2D eigenvalue weighted by Gasteiger charge is -2.27. The van der Waals surface area contributed by atoms with Gasteiger partial charge in [-0.15, -0.1) is 11.3 Å². The van der Waals surface area contributed by atoms with Gasteiger partial charge in [-0.1, -0.05) is 23.8 Å². The Morgan fingerprint density at radius 1 is 1.17 bits per heavy atom. The molecule has 3 amide bonds. The molecular weight excluding hydrogens is 398 g/mol. The van der Waals surface area contributed by atoms with Crippen LogP contribution in [0.25, 0.3) is 0 Å². The standard InChI is InChI=1S/C23H27N3O3S/c1-16-7-9-17(10-8-16)26-21(28)15-18(22(26)19-5-3-14-30-19)23(29)24-11-4-13-25-12-2-6-20(25)27/h3,5,7-10,14,18,22H,2,4,6,11-13,15H2,1H3,(H,24,29)/t18-,22+/m1/s1. The Hall–Kier alpha value is -2.67. The van der Waals surface area contributed by atoms with E-state index in [-0.39, 0.29) is 30.2 Å². The molecule has 3 heterocycles. The van der Waals surface area contributed by atoms with Crippen LogP contribution in [-0.4, -0.2) is 42.3 Å². The minimum Gasteiger partial charge on any atom is -0.356 e. The SMILES string of the molecule is Cc1ccc(N2C(=O)C[C@@H](C(=O)NCCCN3CCCC3=O)[C@H]2c2cccs2)cc1. The molecule has 1 aromatic heterocycles. The van der Waals surface area contributed by atoms with E-state index < -0.39 is 5.92 Å². The number of nitrogens with one attached hydrogen (secondary N) is 1. The van der Waals surface area contributed by atoms with E-state index in [1.54, 1.807) is 16.2 Å². The van der Waals surface area contributed by atoms with Gasteiger partial charge in [0.15, 0.2) is 0 Å². The van der Waals surface area contributed by atoms with Gasteiger partial charge in [-0.3, -0.25) is 14.4 Å². The zero-order valence-electron chi connectivity index (χ0n) is 17.2. The van der Waals surface area contributed by atoms with Gasteiger partial charge in [0.05, 0.1) is 12.0 Å². The van der Waals surface area contributed by atoms with Gasteiger partial charge in [-0.25, -0.2) is 0 Å². The summed E-state index contributed by atoms with van der Waals surface area (Å²) in [5, 5.41) is 4.99. The minimum absolute atomic E-state index is 0.0277. The Kier molecular flexibility index (Phi) is 6.18. The predicted molar refractivity (Wildman–Crippen MR) is 117 cm³/mol. The number of hydrogen-bond acceptors (Lipinski definition) is 4. The van der Waals surface area contributed by atoms with Crippen molar-refractivity contribution in [3.05, 3.63) is 52.2 Å². The Balaban J connectivity index is 1.44. The molecule has 2 aliphatic heterocycles. The lowest BCUT2D eigenvalue weighted by molar-refractivity contribution is -0.127. The first-order valence-corrected chi connectivity index (χ1v) is 11.4. The van der Waals surface area contributed by atoms with Crippen molar-refractivity contribution in [2.45, 2.75) is 38.6 Å². The summed E-state index contributed by atoms with van der Waals surface area (Å²) < 4.78 is 0. The van der Waals surface area contributed by atoms with E-state index in [1.807, 2.05) is 53.6 Å². The minimum atomic E-state index is -0.425. The predicted octanol–water partition coefficient (Wildman–Crippen LogP) is 3.28. The van der Waals surface area contributed by atoms with Crippen LogP contribution >= 0.6 is 11.3 Å². The zero-order valence-corrected chi connectivity index (χ0v) is 18.0. The van der Waals surface area contributed by atoms with Crippen LogP contribution in [0, 0.1) is 12.8 Å². The van der Waals surface area contributed by atoms with Crippen LogP contribution in [0.3, 0.4) is 0 Å². The third kappa shape index (κ3) is 4.26. The summed E-state index contributed by atoms with van der Waals surface area (Å²) in [6, 6.07) is 11.5. The number of likely N-dealkylation sites (tertiary alicyclic amines) is 1. The second-order valence-electron chi connectivity index (χ2n) is 8.00. The average Bonchev–Trinajstić information content (AvgIpc) is 3.46. The van der Waals surface area contributed by atoms with Crippen molar-refractivity contribution in [2.24, 2.45) is 5.92 Å². The van der Waals surface area contributed by atoms with Crippen molar-refractivity contribution in [3.63, 3.8) is 0 Å². The molecule has 0 bridgehead atoms. The summed E-state index contributed by atoms with van der Waals surface area (Å²) >= 11 is 1.57. The summed E-state index contributed by atoms with van der Waals surface area (Å²) in [6.07, 6.45) is 2.48. The molecule has 0 unspecified atom stereocenters. The molecule has 0 radical (unpaired) electrons. The second-order valence-corrected chi connectivity index (χ2v) is 8.98. The van der Waals surface area contributed by atoms with Gasteiger partial charge in [0, 0.05) is 43.0 Å². The Morgan fingerprint density at radius 2 is 1.97 bits per heavy atom. The molecule has 2 fully saturated rings. The largest absolute Gasteiger partial charge is 0.356 e. The highest BCUT2D eigenvalue weighted by molar-refractivity contribution is 7.10. The molecule has 2 aromatic rings. The van der Waals surface area contributed by atoms with E-state index in [2.05, 4.69) is 5.32 Å². The van der Waals surface area contributed by atoms with Crippen LogP contribution in [0.2, 0.25) is 0 Å². The average molecular weight is 426 g/mol. The maximum Gasteiger partial charge on any atom is 0.228 e. The third-order valence-electron chi connectivity index (χ3n) is 5.88. The number of anilines is 1. The number of rotatable bonds is 7. The lowest BCUT2D eigenvalue weighted by atomic mass is 9.97. The molecule has 1 aromatic carbocycles. The summed E-state index contributed by atoms with van der Waals surface area (Å²) in [7, 11) is 0. The van der Waals surface area contributed by atoms with Gasteiger partial charge < -0.3 is 15.1 Å². The number of benzene rings is 1. The summed E-state index contributed by atoms with van der Waals surface area (Å²) in [5.41, 5.74) is 1.95. The Morgan fingerprint density at radius 3 is 2.63 bits per heavy atom. The molecule has 1 N–H and O–H groups in total. The summed E-state index contributed by atoms with van der Waals surface area (Å²) in [4.78, 5) is 42.3. The van der Waals surface area contributed by atoms with E-state index in [1.165, 1.54) is 0 Å². The van der Waals surface area contributed by atoms with Gasteiger partial charge in [0.2, 0.25) is 17.7 Å².